The van der Waals surface area contributed by atoms with Crippen molar-refractivity contribution >= 4 is 72.4 Å². The van der Waals surface area contributed by atoms with E-state index in [-0.39, 0.29) is 11.7 Å². The van der Waals surface area contributed by atoms with Gasteiger partial charge in [0.1, 0.15) is 39.3 Å². The summed E-state index contributed by atoms with van der Waals surface area (Å²) in [6.45, 7) is 3.83. The molecule has 10 nitrogen and oxygen atoms in total. The number of carbonyl (C=O) groups excluding carboxylic acids is 1. The Balaban J connectivity index is 1.38. The molecular weight excluding hydrogens is 572 g/mol. The van der Waals surface area contributed by atoms with Gasteiger partial charge in [0.05, 0.1) is 32.6 Å². The first kappa shape index (κ1) is 27.8. The molecule has 1 aliphatic heterocycles. The van der Waals surface area contributed by atoms with Crippen LogP contribution in [0.15, 0.2) is 54.5 Å². The molecule has 2 aromatic carbocycles. The summed E-state index contributed by atoms with van der Waals surface area (Å²) in [6.07, 6.45) is 6.48. The molecule has 13 heteroatoms. The summed E-state index contributed by atoms with van der Waals surface area (Å²) in [5.74, 6) is 1.67. The van der Waals surface area contributed by atoms with E-state index in [2.05, 4.69) is 30.3 Å². The minimum Gasteiger partial charge on any atom is -0.455 e. The lowest BCUT2D eigenvalue weighted by molar-refractivity contribution is -0.118. The fourth-order valence-corrected chi connectivity index (χ4v) is 6.73. The smallest absolute Gasteiger partial charge is 0.247 e. The maximum Gasteiger partial charge on any atom is 0.247 e. The molecule has 0 bridgehead atoms. The molecule has 5 rings (SSSR count). The maximum atomic E-state index is 13.1. The Morgan fingerprint density at radius 3 is 2.80 bits per heavy atom. The molecule has 1 aliphatic rings. The molecule has 0 aliphatic carbocycles. The van der Waals surface area contributed by atoms with Crippen LogP contribution < -0.4 is 20.7 Å². The molecule has 0 saturated heterocycles. The number of ether oxygens (including phenoxy) is 1. The zero-order chi connectivity index (χ0) is 28.5. The summed E-state index contributed by atoms with van der Waals surface area (Å²) in [5.41, 5.74) is 0.796. The predicted molar refractivity (Wildman–Crippen MR) is 159 cm³/mol. The normalized spacial score (nSPS) is 13.6. The van der Waals surface area contributed by atoms with Crippen molar-refractivity contribution < 1.29 is 17.9 Å². The number of fused-ring (bicyclic) bond motifs is 2. The van der Waals surface area contributed by atoms with Crippen LogP contribution in [0, 0.1) is 0 Å². The number of amides is 1. The number of hydrogen-bond donors (Lipinski definition) is 3. The van der Waals surface area contributed by atoms with Gasteiger partial charge in [-0.25, -0.2) is 18.4 Å². The van der Waals surface area contributed by atoms with Crippen molar-refractivity contribution in [2.75, 3.05) is 29.2 Å². The average Bonchev–Trinajstić information content (AvgIpc) is 3.23. The van der Waals surface area contributed by atoms with Crippen LogP contribution in [0.25, 0.3) is 16.2 Å². The van der Waals surface area contributed by atoms with E-state index in [1.54, 1.807) is 38.3 Å². The molecule has 0 unspecified atom stereocenters. The largest absolute Gasteiger partial charge is 0.455 e. The number of halogens is 1. The summed E-state index contributed by atoms with van der Waals surface area (Å²) < 4.78 is 34.9. The van der Waals surface area contributed by atoms with Gasteiger partial charge in [-0.2, -0.15) is 4.37 Å². The summed E-state index contributed by atoms with van der Waals surface area (Å²) in [7, 11) is -3.29. The van der Waals surface area contributed by atoms with E-state index in [9.17, 15) is 13.2 Å². The lowest BCUT2D eigenvalue weighted by Crippen LogP contribution is -2.48. The van der Waals surface area contributed by atoms with Crippen LogP contribution in [0.5, 0.6) is 11.5 Å². The number of carbonyl (C=O) groups is 1. The van der Waals surface area contributed by atoms with Crippen molar-refractivity contribution in [2.24, 2.45) is 0 Å². The number of benzene rings is 2. The van der Waals surface area contributed by atoms with Crippen LogP contribution in [0.1, 0.15) is 25.8 Å². The Morgan fingerprint density at radius 1 is 1.20 bits per heavy atom. The molecular formula is C27H27ClN6O4S2. The van der Waals surface area contributed by atoms with Gasteiger partial charge < -0.3 is 20.7 Å². The molecule has 4 aromatic rings. The Labute approximate surface area is 240 Å². The highest BCUT2D eigenvalue weighted by molar-refractivity contribution is 7.90. The molecule has 0 radical (unpaired) electrons. The van der Waals surface area contributed by atoms with Crippen molar-refractivity contribution in [1.29, 1.82) is 0 Å². The second kappa shape index (κ2) is 11.0. The predicted octanol–water partition coefficient (Wildman–Crippen LogP) is 5.41. The van der Waals surface area contributed by atoms with Crippen molar-refractivity contribution in [3.63, 3.8) is 0 Å². The van der Waals surface area contributed by atoms with Gasteiger partial charge in [0, 0.05) is 29.6 Å². The third kappa shape index (κ3) is 6.52. The molecule has 40 heavy (non-hydrogen) atoms. The first-order valence-corrected chi connectivity index (χ1v) is 15.6. The molecule has 0 saturated carbocycles. The highest BCUT2D eigenvalue weighted by atomic mass is 35.5. The van der Waals surface area contributed by atoms with E-state index in [0.29, 0.717) is 57.9 Å². The summed E-state index contributed by atoms with van der Waals surface area (Å²) in [5, 5.41) is 10.6. The molecule has 0 fully saturated rings. The number of nitrogens with one attached hydrogen (secondary N) is 3. The fourth-order valence-electron chi connectivity index (χ4n) is 4.47. The second-order valence-electron chi connectivity index (χ2n) is 10.1. The first-order valence-electron chi connectivity index (χ1n) is 12.3. The van der Waals surface area contributed by atoms with Gasteiger partial charge in [-0.1, -0.05) is 17.7 Å². The number of hydrogen-bond acceptors (Lipinski definition) is 10. The summed E-state index contributed by atoms with van der Waals surface area (Å²) in [4.78, 5) is 21.9. The van der Waals surface area contributed by atoms with Gasteiger partial charge >= 0.3 is 0 Å². The van der Waals surface area contributed by atoms with Crippen LogP contribution in [-0.2, 0) is 14.6 Å². The second-order valence-corrected chi connectivity index (χ2v) is 13.5. The van der Waals surface area contributed by atoms with Gasteiger partial charge in [0.25, 0.3) is 0 Å². The van der Waals surface area contributed by atoms with Gasteiger partial charge in [0.2, 0.25) is 5.91 Å². The number of anilines is 3. The SMILES string of the molecule is CC(C)(CS(C)(=O)=O)NC(=O)C1=Cc2c(ncnc2Nc2ccc(Oc3cccc4sncc34)c(Cl)c2)NCC1. The lowest BCUT2D eigenvalue weighted by Gasteiger charge is -2.25. The van der Waals surface area contributed by atoms with Crippen LogP contribution in [0.2, 0.25) is 5.02 Å². The quantitative estimate of drug-likeness (QED) is 0.243. The van der Waals surface area contributed by atoms with Crippen LogP contribution >= 0.6 is 23.1 Å². The Bertz CT molecular complexity index is 1740. The number of aromatic nitrogens is 3. The van der Waals surface area contributed by atoms with E-state index in [4.69, 9.17) is 16.3 Å². The van der Waals surface area contributed by atoms with Gasteiger partial charge in [-0.05, 0) is 68.2 Å². The average molecular weight is 599 g/mol. The topological polar surface area (TPSA) is 135 Å². The van der Waals surface area contributed by atoms with Crippen molar-refractivity contribution in [1.82, 2.24) is 19.7 Å². The Hall–Kier alpha value is -3.74. The van der Waals surface area contributed by atoms with Crippen molar-refractivity contribution in [3.05, 3.63) is 65.1 Å². The van der Waals surface area contributed by atoms with E-state index in [1.165, 1.54) is 17.9 Å². The van der Waals surface area contributed by atoms with E-state index in [0.717, 1.165) is 16.3 Å². The maximum absolute atomic E-state index is 13.1. The fraction of sp³-hybridized carbons (Fsp3) is 0.259. The highest BCUT2D eigenvalue weighted by Gasteiger charge is 2.27. The number of nitrogens with zero attached hydrogens (tertiary/aromatic N) is 3. The molecule has 3 heterocycles. The Kier molecular flexibility index (Phi) is 7.67. The number of rotatable bonds is 8. The Morgan fingerprint density at radius 2 is 2.02 bits per heavy atom. The van der Waals surface area contributed by atoms with Gasteiger partial charge in [-0.3, -0.25) is 4.79 Å². The van der Waals surface area contributed by atoms with Crippen molar-refractivity contribution in [3.8, 4) is 11.5 Å². The van der Waals surface area contributed by atoms with Crippen LogP contribution in [0.4, 0.5) is 17.3 Å². The van der Waals surface area contributed by atoms with Crippen LogP contribution in [-0.4, -0.2) is 52.8 Å². The molecule has 0 atom stereocenters. The number of sulfone groups is 1. The minimum absolute atomic E-state index is 0.177. The van der Waals surface area contributed by atoms with Crippen molar-refractivity contribution in [2.45, 2.75) is 25.8 Å². The molecule has 3 N–H and O–H groups in total. The standard InChI is InChI=1S/C27H27ClN6O4S2/c1-27(2,14-40(3,36)37)34-26(35)16-9-10-29-24-18(11-16)25(31-15-30-24)33-17-7-8-22(20(28)12-17)38-21-5-4-6-23-19(21)13-32-39-23/h4-8,11-13,15H,9-10,14H2,1-3H3,(H,34,35)(H2,29,30,31,33). The van der Waals surface area contributed by atoms with Gasteiger partial charge in [-0.15, -0.1) is 0 Å². The van der Waals surface area contributed by atoms with E-state index in [1.807, 2.05) is 24.3 Å². The third-order valence-electron chi connectivity index (χ3n) is 6.03. The van der Waals surface area contributed by atoms with Crippen LogP contribution in [0.3, 0.4) is 0 Å². The molecule has 2 aromatic heterocycles. The first-order chi connectivity index (χ1) is 19.0. The monoisotopic (exact) mass is 598 g/mol. The molecule has 0 spiro atoms. The molecule has 208 valence electrons. The molecule has 1 amide bonds. The summed E-state index contributed by atoms with van der Waals surface area (Å²) in [6, 6.07) is 11.1. The summed E-state index contributed by atoms with van der Waals surface area (Å²) >= 11 is 7.98. The minimum atomic E-state index is -3.29. The van der Waals surface area contributed by atoms with E-state index >= 15 is 0 Å². The third-order valence-corrected chi connectivity index (χ3v) is 8.33. The highest BCUT2D eigenvalue weighted by Crippen LogP contribution is 2.37. The zero-order valence-corrected chi connectivity index (χ0v) is 24.4. The van der Waals surface area contributed by atoms with Gasteiger partial charge in [0.15, 0.2) is 0 Å². The van der Waals surface area contributed by atoms with E-state index < -0.39 is 15.4 Å². The lowest BCUT2D eigenvalue weighted by atomic mass is 10.0. The zero-order valence-electron chi connectivity index (χ0n) is 22.0.